The predicted molar refractivity (Wildman–Crippen MR) is 107 cm³/mol. The van der Waals surface area contributed by atoms with Gasteiger partial charge in [-0.3, -0.25) is 0 Å². The molecule has 2 saturated carbocycles. The standard InChI is InChI=1S/C23H31NO4/c1-2-4-17(5-3-1)14-26-21-9-8-19(12-22(21)27-15-18-6-7-18)20-13-23(28-24-20)10-11-25-16-23/h8-9,12,17-18H,1-7,10-11,13-16H2. The molecule has 1 saturated heterocycles. The van der Waals surface area contributed by atoms with E-state index in [9.17, 15) is 0 Å². The van der Waals surface area contributed by atoms with Crippen LogP contribution in [0, 0.1) is 11.8 Å². The number of hydrogen-bond acceptors (Lipinski definition) is 5. The van der Waals surface area contributed by atoms with E-state index >= 15 is 0 Å². The second-order valence-electron chi connectivity index (χ2n) is 9.02. The van der Waals surface area contributed by atoms with Gasteiger partial charge in [-0.25, -0.2) is 0 Å². The lowest BCUT2D eigenvalue weighted by Gasteiger charge is -2.22. The molecule has 4 aliphatic rings. The first kappa shape index (κ1) is 18.3. The van der Waals surface area contributed by atoms with Crippen molar-refractivity contribution in [3.8, 4) is 11.5 Å². The van der Waals surface area contributed by atoms with Crippen LogP contribution in [0.25, 0.3) is 0 Å². The number of oxime groups is 1. The summed E-state index contributed by atoms with van der Waals surface area (Å²) in [5.41, 5.74) is 1.81. The molecule has 2 aliphatic carbocycles. The van der Waals surface area contributed by atoms with Crippen molar-refractivity contribution in [2.45, 2.75) is 63.4 Å². The summed E-state index contributed by atoms with van der Waals surface area (Å²) in [6.07, 6.45) is 10.9. The third kappa shape index (κ3) is 4.14. The Labute approximate surface area is 167 Å². The summed E-state index contributed by atoms with van der Waals surface area (Å²) in [6.45, 7) is 2.97. The third-order valence-corrected chi connectivity index (χ3v) is 6.55. The summed E-state index contributed by atoms with van der Waals surface area (Å²) in [5, 5.41) is 4.38. The van der Waals surface area contributed by atoms with Gasteiger partial charge in [0.2, 0.25) is 0 Å². The summed E-state index contributed by atoms with van der Waals surface area (Å²) in [5.74, 6) is 3.11. The van der Waals surface area contributed by atoms with Crippen LogP contribution in [0.3, 0.4) is 0 Å². The Morgan fingerprint density at radius 1 is 0.964 bits per heavy atom. The largest absolute Gasteiger partial charge is 0.489 e. The van der Waals surface area contributed by atoms with Gasteiger partial charge < -0.3 is 19.0 Å². The van der Waals surface area contributed by atoms with E-state index < -0.39 is 0 Å². The fourth-order valence-electron chi connectivity index (χ4n) is 4.45. The van der Waals surface area contributed by atoms with Gasteiger partial charge in [0.15, 0.2) is 17.1 Å². The molecule has 3 fully saturated rings. The zero-order valence-corrected chi connectivity index (χ0v) is 16.7. The molecule has 1 atom stereocenters. The Kier molecular flexibility index (Phi) is 5.19. The fraction of sp³-hybridized carbons (Fsp3) is 0.696. The highest BCUT2D eigenvalue weighted by Gasteiger charge is 2.43. The van der Waals surface area contributed by atoms with Gasteiger partial charge >= 0.3 is 0 Å². The number of nitrogens with zero attached hydrogens (tertiary/aromatic N) is 1. The maximum Gasteiger partial charge on any atom is 0.168 e. The minimum absolute atomic E-state index is 0.249. The molecule has 0 N–H and O–H groups in total. The number of ether oxygens (including phenoxy) is 3. The summed E-state index contributed by atoms with van der Waals surface area (Å²) < 4.78 is 17.9. The van der Waals surface area contributed by atoms with Crippen molar-refractivity contribution >= 4 is 5.71 Å². The molecule has 2 heterocycles. The van der Waals surface area contributed by atoms with E-state index in [4.69, 9.17) is 19.0 Å². The molecule has 1 spiro atoms. The van der Waals surface area contributed by atoms with E-state index in [1.807, 2.05) is 0 Å². The minimum atomic E-state index is -0.249. The molecule has 5 rings (SSSR count). The molecule has 5 heteroatoms. The topological polar surface area (TPSA) is 49.3 Å². The average molecular weight is 386 g/mol. The van der Waals surface area contributed by atoms with Crippen molar-refractivity contribution in [1.29, 1.82) is 0 Å². The first-order chi connectivity index (χ1) is 13.8. The van der Waals surface area contributed by atoms with Crippen molar-refractivity contribution in [3.63, 3.8) is 0 Å². The van der Waals surface area contributed by atoms with Gasteiger partial charge in [-0.15, -0.1) is 0 Å². The van der Waals surface area contributed by atoms with E-state index in [2.05, 4.69) is 23.4 Å². The van der Waals surface area contributed by atoms with Gasteiger partial charge in [-0.05, 0) is 55.7 Å². The van der Waals surface area contributed by atoms with Crippen LogP contribution >= 0.6 is 0 Å². The summed E-state index contributed by atoms with van der Waals surface area (Å²) in [6, 6.07) is 6.24. The average Bonchev–Trinajstić information content (AvgIpc) is 3.31. The maximum atomic E-state index is 6.22. The molecule has 0 radical (unpaired) electrons. The fourth-order valence-corrected chi connectivity index (χ4v) is 4.45. The van der Waals surface area contributed by atoms with Crippen LogP contribution in [0.15, 0.2) is 23.4 Å². The molecule has 1 aromatic carbocycles. The minimum Gasteiger partial charge on any atom is -0.489 e. The number of hydrogen-bond donors (Lipinski definition) is 0. The quantitative estimate of drug-likeness (QED) is 0.682. The van der Waals surface area contributed by atoms with Gasteiger partial charge in [-0.1, -0.05) is 24.4 Å². The number of benzene rings is 1. The normalized spacial score (nSPS) is 27.6. The van der Waals surface area contributed by atoms with Gasteiger partial charge in [0, 0.05) is 18.4 Å². The van der Waals surface area contributed by atoms with E-state index in [-0.39, 0.29) is 5.60 Å². The van der Waals surface area contributed by atoms with Crippen molar-refractivity contribution in [1.82, 2.24) is 0 Å². The maximum absolute atomic E-state index is 6.22. The molecular formula is C23H31NO4. The SMILES string of the molecule is c1cc(OCC2CCCCC2)c(OCC2CC2)cc1C1=NOC2(CCOC2)C1. The molecular weight excluding hydrogens is 354 g/mol. The molecule has 152 valence electrons. The Bertz CT molecular complexity index is 715. The van der Waals surface area contributed by atoms with Crippen molar-refractivity contribution < 1.29 is 19.0 Å². The van der Waals surface area contributed by atoms with Crippen molar-refractivity contribution in [3.05, 3.63) is 23.8 Å². The van der Waals surface area contributed by atoms with Crippen LogP contribution in [-0.2, 0) is 9.57 Å². The molecule has 5 nitrogen and oxygen atoms in total. The monoisotopic (exact) mass is 385 g/mol. The highest BCUT2D eigenvalue weighted by atomic mass is 16.7. The lowest BCUT2D eigenvalue weighted by Crippen LogP contribution is -2.29. The molecule has 28 heavy (non-hydrogen) atoms. The van der Waals surface area contributed by atoms with Crippen LogP contribution in [0.2, 0.25) is 0 Å². The highest BCUT2D eigenvalue weighted by molar-refractivity contribution is 6.02. The lowest BCUT2D eigenvalue weighted by molar-refractivity contribution is -0.0237. The van der Waals surface area contributed by atoms with Crippen LogP contribution in [-0.4, -0.2) is 37.7 Å². The van der Waals surface area contributed by atoms with E-state index in [1.165, 1.54) is 44.9 Å². The Balaban J connectivity index is 1.29. The van der Waals surface area contributed by atoms with Crippen LogP contribution in [0.5, 0.6) is 11.5 Å². The van der Waals surface area contributed by atoms with Gasteiger partial charge in [0.1, 0.15) is 0 Å². The third-order valence-electron chi connectivity index (χ3n) is 6.55. The van der Waals surface area contributed by atoms with E-state index in [0.717, 1.165) is 55.4 Å². The molecule has 1 unspecified atom stereocenters. The van der Waals surface area contributed by atoms with E-state index in [1.54, 1.807) is 0 Å². The Morgan fingerprint density at radius 2 is 1.75 bits per heavy atom. The molecule has 0 aromatic heterocycles. The van der Waals surface area contributed by atoms with Crippen LogP contribution in [0.1, 0.15) is 63.4 Å². The summed E-state index contributed by atoms with van der Waals surface area (Å²) in [7, 11) is 0. The summed E-state index contributed by atoms with van der Waals surface area (Å²) >= 11 is 0. The molecule has 0 bridgehead atoms. The zero-order chi connectivity index (χ0) is 18.8. The van der Waals surface area contributed by atoms with Crippen LogP contribution in [0.4, 0.5) is 0 Å². The zero-order valence-electron chi connectivity index (χ0n) is 16.7. The first-order valence-electron chi connectivity index (χ1n) is 11.0. The smallest absolute Gasteiger partial charge is 0.168 e. The first-order valence-corrected chi connectivity index (χ1v) is 11.0. The molecule has 1 aromatic rings. The molecule has 2 aliphatic heterocycles. The van der Waals surface area contributed by atoms with Gasteiger partial charge in [-0.2, -0.15) is 0 Å². The number of rotatable bonds is 7. The second kappa shape index (κ2) is 7.94. The lowest BCUT2D eigenvalue weighted by atomic mass is 9.90. The van der Waals surface area contributed by atoms with Crippen molar-refractivity contribution in [2.75, 3.05) is 26.4 Å². The predicted octanol–water partition coefficient (Wildman–Crippen LogP) is 4.72. The Hall–Kier alpha value is -1.75. The molecule has 0 amide bonds. The van der Waals surface area contributed by atoms with Gasteiger partial charge in [0.05, 0.1) is 32.1 Å². The van der Waals surface area contributed by atoms with Gasteiger partial charge in [0.25, 0.3) is 0 Å². The Morgan fingerprint density at radius 3 is 2.50 bits per heavy atom. The van der Waals surface area contributed by atoms with Crippen LogP contribution < -0.4 is 9.47 Å². The highest BCUT2D eigenvalue weighted by Crippen LogP contribution is 2.38. The summed E-state index contributed by atoms with van der Waals surface area (Å²) in [4.78, 5) is 5.76. The van der Waals surface area contributed by atoms with E-state index in [0.29, 0.717) is 18.4 Å². The van der Waals surface area contributed by atoms with Crippen molar-refractivity contribution in [2.24, 2.45) is 17.0 Å². The second-order valence-corrected chi connectivity index (χ2v) is 9.02.